The van der Waals surface area contributed by atoms with E-state index in [1.54, 1.807) is 0 Å². The summed E-state index contributed by atoms with van der Waals surface area (Å²) in [5.41, 5.74) is 2.38. The van der Waals surface area contributed by atoms with Gasteiger partial charge in [0.2, 0.25) is 0 Å². The Morgan fingerprint density at radius 3 is 2.12 bits per heavy atom. The van der Waals surface area contributed by atoms with E-state index in [2.05, 4.69) is 0 Å². The van der Waals surface area contributed by atoms with Gasteiger partial charge < -0.3 is 0 Å². The second-order valence-corrected chi connectivity index (χ2v) is 4.12. The van der Waals surface area contributed by atoms with Gasteiger partial charge in [-0.1, -0.05) is 29.8 Å². The van der Waals surface area contributed by atoms with Gasteiger partial charge >= 0.3 is 0 Å². The van der Waals surface area contributed by atoms with Gasteiger partial charge in [-0.25, -0.2) is 4.90 Å². The normalized spacial score (nSPS) is 15.7. The minimum atomic E-state index is -0.455. The van der Waals surface area contributed by atoms with Crippen LogP contribution in [0.5, 0.6) is 0 Å². The number of carbonyl (C=O) groups excluding carboxylic acids is 2. The van der Waals surface area contributed by atoms with E-state index in [1.807, 2.05) is 32.0 Å². The van der Waals surface area contributed by atoms with E-state index >= 15 is 0 Å². The fourth-order valence-corrected chi connectivity index (χ4v) is 1.99. The van der Waals surface area contributed by atoms with Crippen LogP contribution < -0.4 is 4.90 Å². The van der Waals surface area contributed by atoms with Crippen LogP contribution >= 0.6 is 11.6 Å². The van der Waals surface area contributed by atoms with Crippen molar-refractivity contribution in [2.75, 3.05) is 4.90 Å². The Balaban J connectivity index is 2.55. The highest BCUT2D eigenvalue weighted by atomic mass is 35.5. The highest BCUT2D eigenvalue weighted by Gasteiger charge is 2.32. The number of hydrogen-bond acceptors (Lipinski definition) is 2. The molecule has 0 aromatic heterocycles. The molecule has 0 bridgehead atoms. The van der Waals surface area contributed by atoms with Gasteiger partial charge in [-0.05, 0) is 25.0 Å². The van der Waals surface area contributed by atoms with Gasteiger partial charge in [-0.15, -0.1) is 0 Å². The average molecular weight is 236 g/mol. The Bertz CT molecular complexity index is 500. The third-order valence-corrected chi connectivity index (χ3v) is 2.81. The summed E-state index contributed by atoms with van der Waals surface area (Å²) in [4.78, 5) is 24.5. The molecule has 0 spiro atoms. The molecule has 2 amide bonds. The summed E-state index contributed by atoms with van der Waals surface area (Å²) in [5, 5.41) is -0.0346. The lowest BCUT2D eigenvalue weighted by Gasteiger charge is -2.19. The number of para-hydroxylation sites is 1. The molecule has 3 nitrogen and oxygen atoms in total. The molecule has 0 atom stereocenters. The molecule has 0 saturated heterocycles. The van der Waals surface area contributed by atoms with Gasteiger partial charge in [0.25, 0.3) is 11.8 Å². The van der Waals surface area contributed by atoms with E-state index in [-0.39, 0.29) is 10.9 Å². The Morgan fingerprint density at radius 1 is 1.12 bits per heavy atom. The molecule has 0 radical (unpaired) electrons. The van der Waals surface area contributed by atoms with E-state index in [0.29, 0.717) is 5.69 Å². The molecule has 0 fully saturated rings. The van der Waals surface area contributed by atoms with Gasteiger partial charge in [0, 0.05) is 6.08 Å². The second kappa shape index (κ2) is 3.76. The average Bonchev–Trinajstić information content (AvgIpc) is 2.44. The highest BCUT2D eigenvalue weighted by molar-refractivity contribution is 6.51. The van der Waals surface area contributed by atoms with Crippen LogP contribution in [0.25, 0.3) is 0 Å². The summed E-state index contributed by atoms with van der Waals surface area (Å²) >= 11 is 5.66. The molecule has 4 heteroatoms. The number of aryl methyl sites for hydroxylation is 2. The predicted octanol–water partition coefficient (Wildman–Crippen LogP) is 2.30. The molecule has 0 aliphatic carbocycles. The van der Waals surface area contributed by atoms with Crippen LogP contribution in [0.2, 0.25) is 0 Å². The molecule has 1 aliphatic heterocycles. The number of halogens is 1. The molecule has 82 valence electrons. The minimum absolute atomic E-state index is 0.0346. The lowest BCUT2D eigenvalue weighted by molar-refractivity contribution is -0.120. The van der Waals surface area contributed by atoms with Crippen molar-refractivity contribution in [3.05, 3.63) is 40.4 Å². The number of nitrogens with zero attached hydrogens (tertiary/aromatic N) is 1. The summed E-state index contributed by atoms with van der Waals surface area (Å²) in [6.07, 6.45) is 1.15. The molecule has 1 aromatic rings. The number of amides is 2. The maximum Gasteiger partial charge on any atom is 0.277 e. The van der Waals surface area contributed by atoms with Crippen molar-refractivity contribution in [1.29, 1.82) is 0 Å². The first-order valence-electron chi connectivity index (χ1n) is 4.84. The third kappa shape index (κ3) is 1.53. The fraction of sp³-hybridized carbons (Fsp3) is 0.167. The lowest BCUT2D eigenvalue weighted by atomic mass is 10.1. The first kappa shape index (κ1) is 10.9. The number of benzene rings is 1. The Labute approximate surface area is 98.3 Å². The van der Waals surface area contributed by atoms with Crippen molar-refractivity contribution in [3.63, 3.8) is 0 Å². The highest BCUT2D eigenvalue weighted by Crippen LogP contribution is 2.29. The monoisotopic (exact) mass is 235 g/mol. The summed E-state index contributed by atoms with van der Waals surface area (Å²) < 4.78 is 0. The summed E-state index contributed by atoms with van der Waals surface area (Å²) in [6.45, 7) is 3.71. The van der Waals surface area contributed by atoms with Crippen LogP contribution in [-0.2, 0) is 9.59 Å². The zero-order valence-electron chi connectivity index (χ0n) is 8.95. The quantitative estimate of drug-likeness (QED) is 0.701. The first-order valence-corrected chi connectivity index (χ1v) is 5.22. The van der Waals surface area contributed by atoms with Crippen LogP contribution in [0, 0.1) is 13.8 Å². The lowest BCUT2D eigenvalue weighted by Crippen LogP contribution is -2.31. The molecule has 1 aromatic carbocycles. The molecule has 0 N–H and O–H groups in total. The summed E-state index contributed by atoms with van der Waals surface area (Å²) in [5.74, 6) is -0.837. The second-order valence-electron chi connectivity index (χ2n) is 3.71. The molecule has 1 heterocycles. The number of imide groups is 1. The zero-order chi connectivity index (χ0) is 11.9. The van der Waals surface area contributed by atoms with Gasteiger partial charge in [-0.3, -0.25) is 9.59 Å². The molecule has 0 saturated carbocycles. The van der Waals surface area contributed by atoms with Crippen LogP contribution in [0.15, 0.2) is 29.3 Å². The number of anilines is 1. The smallest absolute Gasteiger partial charge is 0.269 e. The Kier molecular flexibility index (Phi) is 2.56. The van der Waals surface area contributed by atoms with Crippen molar-refractivity contribution in [1.82, 2.24) is 0 Å². The summed E-state index contributed by atoms with van der Waals surface area (Å²) in [7, 11) is 0. The standard InChI is InChI=1S/C12H10ClNO2/c1-7-4-3-5-8(2)11(7)14-10(15)6-9(13)12(14)16/h3-6H,1-2H3. The minimum Gasteiger partial charge on any atom is -0.269 e. The van der Waals surface area contributed by atoms with Crippen molar-refractivity contribution in [2.24, 2.45) is 0 Å². The zero-order valence-corrected chi connectivity index (χ0v) is 9.71. The molecule has 0 unspecified atom stereocenters. The predicted molar refractivity (Wildman–Crippen MR) is 62.3 cm³/mol. The van der Waals surface area contributed by atoms with Crippen molar-refractivity contribution in [3.8, 4) is 0 Å². The van der Waals surface area contributed by atoms with Gasteiger partial charge in [0.15, 0.2) is 0 Å². The summed E-state index contributed by atoms with van der Waals surface area (Å²) in [6, 6.07) is 5.60. The van der Waals surface area contributed by atoms with Gasteiger partial charge in [0.05, 0.1) is 5.69 Å². The topological polar surface area (TPSA) is 37.4 Å². The number of carbonyl (C=O) groups is 2. The van der Waals surface area contributed by atoms with E-state index in [9.17, 15) is 9.59 Å². The number of rotatable bonds is 1. The van der Waals surface area contributed by atoms with E-state index in [1.165, 1.54) is 0 Å². The van der Waals surface area contributed by atoms with Crippen LogP contribution in [0.3, 0.4) is 0 Å². The van der Waals surface area contributed by atoms with Crippen molar-refractivity contribution < 1.29 is 9.59 Å². The van der Waals surface area contributed by atoms with Crippen molar-refractivity contribution >= 4 is 29.1 Å². The SMILES string of the molecule is Cc1cccc(C)c1N1C(=O)C=C(Cl)C1=O. The van der Waals surface area contributed by atoms with E-state index in [4.69, 9.17) is 11.6 Å². The van der Waals surface area contributed by atoms with Gasteiger partial charge in [0.1, 0.15) is 5.03 Å². The molecule has 2 rings (SSSR count). The Morgan fingerprint density at radius 2 is 1.69 bits per heavy atom. The van der Waals surface area contributed by atoms with Crippen LogP contribution in [0.4, 0.5) is 5.69 Å². The number of hydrogen-bond donors (Lipinski definition) is 0. The third-order valence-electron chi connectivity index (χ3n) is 2.54. The molecular formula is C12H10ClNO2. The molecule has 1 aliphatic rings. The maximum atomic E-state index is 11.7. The van der Waals surface area contributed by atoms with Gasteiger partial charge in [-0.2, -0.15) is 0 Å². The molecular weight excluding hydrogens is 226 g/mol. The van der Waals surface area contributed by atoms with Crippen LogP contribution in [-0.4, -0.2) is 11.8 Å². The fourth-order valence-electron chi connectivity index (χ4n) is 1.81. The Hall–Kier alpha value is -1.61. The van der Waals surface area contributed by atoms with E-state index in [0.717, 1.165) is 22.1 Å². The van der Waals surface area contributed by atoms with Crippen LogP contribution in [0.1, 0.15) is 11.1 Å². The molecule has 16 heavy (non-hydrogen) atoms. The van der Waals surface area contributed by atoms with Crippen molar-refractivity contribution in [2.45, 2.75) is 13.8 Å². The largest absolute Gasteiger partial charge is 0.277 e. The maximum absolute atomic E-state index is 11.7. The first-order chi connectivity index (χ1) is 7.52. The van der Waals surface area contributed by atoms with E-state index < -0.39 is 5.91 Å².